The molecule has 0 bridgehead atoms. The van der Waals surface area contributed by atoms with E-state index in [1.54, 1.807) is 56.9 Å². The van der Waals surface area contributed by atoms with E-state index in [0.717, 1.165) is 0 Å². The second kappa shape index (κ2) is 14.7. The Morgan fingerprint density at radius 3 is 2.08 bits per heavy atom. The molecule has 0 radical (unpaired) electrons. The molecule has 2 unspecified atom stereocenters. The van der Waals surface area contributed by atoms with Gasteiger partial charge in [-0.05, 0) is 65.9 Å². The highest BCUT2D eigenvalue weighted by Crippen LogP contribution is 2.32. The summed E-state index contributed by atoms with van der Waals surface area (Å²) in [5, 5.41) is 5.56. The van der Waals surface area contributed by atoms with E-state index < -0.39 is 41.2 Å². The zero-order valence-electron chi connectivity index (χ0n) is 24.6. The molecule has 38 heavy (non-hydrogen) atoms. The van der Waals surface area contributed by atoms with Crippen molar-refractivity contribution >= 4 is 23.9 Å². The minimum Gasteiger partial charge on any atom is -0.466 e. The number of hydrogen-bond donors (Lipinski definition) is 2. The average Bonchev–Trinajstić information content (AvgIpc) is 2.80. The van der Waals surface area contributed by atoms with Crippen molar-refractivity contribution in [3.8, 4) is 0 Å². The van der Waals surface area contributed by atoms with Crippen molar-refractivity contribution in [2.24, 2.45) is 5.92 Å². The Bertz CT molecular complexity index is 924. The van der Waals surface area contributed by atoms with Crippen LogP contribution >= 0.6 is 0 Å². The number of carbonyl (C=O) groups is 4. The van der Waals surface area contributed by atoms with Crippen LogP contribution < -0.4 is 10.6 Å². The molecule has 0 saturated carbocycles. The molecule has 1 aromatic rings. The Labute approximate surface area is 228 Å². The van der Waals surface area contributed by atoms with Crippen LogP contribution in [0.25, 0.3) is 0 Å². The Balaban J connectivity index is 3.48. The van der Waals surface area contributed by atoms with Crippen LogP contribution in [0, 0.1) is 5.92 Å². The number of benzene rings is 1. The summed E-state index contributed by atoms with van der Waals surface area (Å²) < 4.78 is 10.4. The monoisotopic (exact) mass is 533 g/mol. The van der Waals surface area contributed by atoms with Crippen molar-refractivity contribution in [3.63, 3.8) is 0 Å². The maximum atomic E-state index is 14.3. The standard InChI is InChI=1S/C29H47N3O6/c1-10-29(8,9)32(26(35)22(19-20(3)4)31-27(36)38-28(5,6)7)24(21-15-13-12-14-16-21)25(34)30-18-17-23(33)37-11-2/h12-16,20,22,24H,10-11,17-19H2,1-9H3,(H,30,34)(H,31,36). The number of hydrogen-bond acceptors (Lipinski definition) is 6. The molecule has 0 spiro atoms. The number of nitrogens with zero attached hydrogens (tertiary/aromatic N) is 1. The molecule has 9 nitrogen and oxygen atoms in total. The second-order valence-corrected chi connectivity index (χ2v) is 11.4. The van der Waals surface area contributed by atoms with Gasteiger partial charge in [-0.1, -0.05) is 51.1 Å². The number of alkyl carbamates (subject to hydrolysis) is 1. The molecule has 0 aliphatic heterocycles. The van der Waals surface area contributed by atoms with Crippen molar-refractivity contribution < 1.29 is 28.7 Å². The van der Waals surface area contributed by atoms with Gasteiger partial charge in [-0.3, -0.25) is 14.4 Å². The summed E-state index contributed by atoms with van der Waals surface area (Å²) in [5.74, 6) is -1.13. The third-order valence-electron chi connectivity index (χ3n) is 6.01. The minimum absolute atomic E-state index is 0.0163. The van der Waals surface area contributed by atoms with E-state index in [-0.39, 0.29) is 31.4 Å². The van der Waals surface area contributed by atoms with Gasteiger partial charge < -0.3 is 25.0 Å². The first-order valence-corrected chi connectivity index (χ1v) is 13.4. The van der Waals surface area contributed by atoms with Gasteiger partial charge in [0.2, 0.25) is 11.8 Å². The smallest absolute Gasteiger partial charge is 0.408 e. The lowest BCUT2D eigenvalue weighted by molar-refractivity contribution is -0.150. The van der Waals surface area contributed by atoms with Crippen molar-refractivity contribution in [1.29, 1.82) is 0 Å². The maximum absolute atomic E-state index is 14.3. The summed E-state index contributed by atoms with van der Waals surface area (Å²) in [6.45, 7) is 17.0. The minimum atomic E-state index is -0.990. The molecule has 0 aliphatic rings. The van der Waals surface area contributed by atoms with Crippen LogP contribution in [0.1, 0.15) is 93.2 Å². The Morgan fingerprint density at radius 2 is 1.58 bits per heavy atom. The van der Waals surface area contributed by atoms with E-state index in [0.29, 0.717) is 18.4 Å². The normalized spacial score (nSPS) is 13.3. The first kappa shape index (κ1) is 32.9. The lowest BCUT2D eigenvalue weighted by atomic mass is 9.91. The summed E-state index contributed by atoms with van der Waals surface area (Å²) in [6, 6.07) is 7.13. The van der Waals surface area contributed by atoms with Crippen LogP contribution in [0.5, 0.6) is 0 Å². The molecular formula is C29H47N3O6. The molecule has 2 N–H and O–H groups in total. The van der Waals surface area contributed by atoms with Gasteiger partial charge in [0.15, 0.2) is 0 Å². The van der Waals surface area contributed by atoms with E-state index in [2.05, 4.69) is 10.6 Å². The Hall–Kier alpha value is -3.10. The van der Waals surface area contributed by atoms with Crippen molar-refractivity contribution in [2.45, 2.75) is 105 Å². The van der Waals surface area contributed by atoms with Crippen LogP contribution in [0.4, 0.5) is 4.79 Å². The van der Waals surface area contributed by atoms with Gasteiger partial charge in [0, 0.05) is 12.1 Å². The van der Waals surface area contributed by atoms with E-state index in [1.165, 1.54) is 0 Å². The van der Waals surface area contributed by atoms with Crippen LogP contribution in [0.3, 0.4) is 0 Å². The van der Waals surface area contributed by atoms with Gasteiger partial charge in [-0.2, -0.15) is 0 Å². The molecule has 0 heterocycles. The fourth-order valence-electron chi connectivity index (χ4n) is 3.93. The topological polar surface area (TPSA) is 114 Å². The number of carbonyl (C=O) groups excluding carboxylic acids is 4. The molecule has 0 saturated heterocycles. The lowest BCUT2D eigenvalue weighted by Crippen LogP contribution is -2.59. The Kier molecular flexibility index (Phi) is 12.8. The molecule has 0 aromatic heterocycles. The molecule has 0 fully saturated rings. The lowest BCUT2D eigenvalue weighted by Gasteiger charge is -2.44. The van der Waals surface area contributed by atoms with Gasteiger partial charge in [-0.25, -0.2) is 4.79 Å². The highest BCUT2D eigenvalue weighted by Gasteiger charge is 2.43. The summed E-state index contributed by atoms with van der Waals surface area (Å²) in [6.07, 6.45) is 0.239. The molecule has 1 aromatic carbocycles. The highest BCUT2D eigenvalue weighted by atomic mass is 16.6. The van der Waals surface area contributed by atoms with Crippen LogP contribution in [-0.4, -0.2) is 59.1 Å². The van der Waals surface area contributed by atoms with Gasteiger partial charge in [0.25, 0.3) is 0 Å². The molecule has 3 amide bonds. The predicted octanol–water partition coefficient (Wildman–Crippen LogP) is 4.75. The van der Waals surface area contributed by atoms with Crippen molar-refractivity contribution in [3.05, 3.63) is 35.9 Å². The van der Waals surface area contributed by atoms with E-state index in [1.807, 2.05) is 40.7 Å². The van der Waals surface area contributed by atoms with Gasteiger partial charge >= 0.3 is 12.1 Å². The molecule has 9 heteroatoms. The second-order valence-electron chi connectivity index (χ2n) is 11.4. The predicted molar refractivity (Wildman–Crippen MR) is 147 cm³/mol. The van der Waals surface area contributed by atoms with Crippen molar-refractivity contribution in [1.82, 2.24) is 15.5 Å². The summed E-state index contributed by atoms with van der Waals surface area (Å²) in [7, 11) is 0. The SMILES string of the molecule is CCOC(=O)CCNC(=O)C(c1ccccc1)N(C(=O)C(CC(C)C)NC(=O)OC(C)(C)C)C(C)(C)CC. The van der Waals surface area contributed by atoms with Crippen LogP contribution in [-0.2, 0) is 23.9 Å². The first-order valence-electron chi connectivity index (χ1n) is 13.4. The fourth-order valence-corrected chi connectivity index (χ4v) is 3.93. The molecular weight excluding hydrogens is 486 g/mol. The molecule has 214 valence electrons. The quantitative estimate of drug-likeness (QED) is 0.354. The van der Waals surface area contributed by atoms with Crippen LogP contribution in [0.2, 0.25) is 0 Å². The molecule has 0 aliphatic carbocycles. The Morgan fingerprint density at radius 1 is 0.974 bits per heavy atom. The average molecular weight is 534 g/mol. The third-order valence-corrected chi connectivity index (χ3v) is 6.01. The number of ether oxygens (including phenoxy) is 2. The van der Waals surface area contributed by atoms with Gasteiger partial charge in [-0.15, -0.1) is 0 Å². The fraction of sp³-hybridized carbons (Fsp3) is 0.655. The van der Waals surface area contributed by atoms with Crippen LogP contribution in [0.15, 0.2) is 30.3 Å². The number of nitrogens with one attached hydrogen (secondary N) is 2. The van der Waals surface area contributed by atoms with Crippen molar-refractivity contribution in [2.75, 3.05) is 13.2 Å². The number of amides is 3. The highest BCUT2D eigenvalue weighted by molar-refractivity contribution is 5.92. The van der Waals surface area contributed by atoms with Gasteiger partial charge in [0.05, 0.1) is 13.0 Å². The van der Waals surface area contributed by atoms with E-state index in [9.17, 15) is 19.2 Å². The summed E-state index contributed by atoms with van der Waals surface area (Å²) >= 11 is 0. The van der Waals surface area contributed by atoms with E-state index >= 15 is 0 Å². The zero-order chi connectivity index (χ0) is 29.1. The summed E-state index contributed by atoms with van der Waals surface area (Å²) in [4.78, 5) is 54.0. The zero-order valence-corrected chi connectivity index (χ0v) is 24.6. The summed E-state index contributed by atoms with van der Waals surface area (Å²) in [5.41, 5.74) is -0.860. The maximum Gasteiger partial charge on any atom is 0.408 e. The third kappa shape index (κ3) is 10.7. The van der Waals surface area contributed by atoms with Gasteiger partial charge in [0.1, 0.15) is 17.7 Å². The molecule has 1 rings (SSSR count). The number of esters is 1. The first-order chi connectivity index (χ1) is 17.6. The van der Waals surface area contributed by atoms with E-state index in [4.69, 9.17) is 9.47 Å². The largest absolute Gasteiger partial charge is 0.466 e. The molecule has 2 atom stereocenters. The number of rotatable bonds is 13.